The second-order valence-corrected chi connectivity index (χ2v) is 6.19. The SMILES string of the molecule is Cc1ccc(C(=O)Nc2nnc(SCC(=O)O)s2)c(F)c1. The van der Waals surface area contributed by atoms with Crippen molar-refractivity contribution in [2.75, 3.05) is 11.1 Å². The third-order valence-electron chi connectivity index (χ3n) is 2.32. The third kappa shape index (κ3) is 4.23. The number of carboxylic acids is 1. The summed E-state index contributed by atoms with van der Waals surface area (Å²) in [6.45, 7) is 1.72. The van der Waals surface area contributed by atoms with E-state index in [2.05, 4.69) is 15.5 Å². The Bertz CT molecular complexity index is 690. The molecule has 9 heteroatoms. The van der Waals surface area contributed by atoms with Crippen LogP contribution in [-0.4, -0.2) is 32.9 Å². The van der Waals surface area contributed by atoms with Crippen molar-refractivity contribution >= 4 is 40.1 Å². The summed E-state index contributed by atoms with van der Waals surface area (Å²) in [4.78, 5) is 22.3. The molecule has 0 atom stereocenters. The lowest BCUT2D eigenvalue weighted by Gasteiger charge is -2.03. The molecule has 2 rings (SSSR count). The smallest absolute Gasteiger partial charge is 0.313 e. The molecular formula is C12H10FN3O3S2. The molecule has 2 N–H and O–H groups in total. The van der Waals surface area contributed by atoms with E-state index in [4.69, 9.17) is 5.11 Å². The van der Waals surface area contributed by atoms with E-state index in [1.807, 2.05) is 0 Å². The predicted octanol–water partition coefficient (Wildman–Crippen LogP) is 2.41. The molecule has 110 valence electrons. The highest BCUT2D eigenvalue weighted by Gasteiger charge is 2.14. The maximum atomic E-state index is 13.7. The fourth-order valence-corrected chi connectivity index (χ4v) is 2.88. The van der Waals surface area contributed by atoms with E-state index in [9.17, 15) is 14.0 Å². The zero-order valence-electron chi connectivity index (χ0n) is 10.8. The van der Waals surface area contributed by atoms with Crippen LogP contribution in [0.2, 0.25) is 0 Å². The maximum Gasteiger partial charge on any atom is 0.313 e. The van der Waals surface area contributed by atoms with Gasteiger partial charge in [-0.2, -0.15) is 0 Å². The molecule has 6 nitrogen and oxygen atoms in total. The Hall–Kier alpha value is -2.00. The highest BCUT2D eigenvalue weighted by Crippen LogP contribution is 2.25. The number of carbonyl (C=O) groups excluding carboxylic acids is 1. The minimum atomic E-state index is -0.970. The van der Waals surface area contributed by atoms with Crippen LogP contribution in [0, 0.1) is 12.7 Å². The molecule has 0 aliphatic carbocycles. The Morgan fingerprint density at radius 3 is 2.86 bits per heavy atom. The van der Waals surface area contributed by atoms with Crippen molar-refractivity contribution in [1.29, 1.82) is 0 Å². The molecule has 0 unspecified atom stereocenters. The number of aryl methyl sites for hydroxylation is 1. The zero-order valence-corrected chi connectivity index (χ0v) is 12.4. The molecule has 1 aromatic carbocycles. The zero-order chi connectivity index (χ0) is 15.4. The number of carbonyl (C=O) groups is 2. The summed E-state index contributed by atoms with van der Waals surface area (Å²) in [5.41, 5.74) is 0.628. The number of hydrogen-bond acceptors (Lipinski definition) is 6. The standard InChI is InChI=1S/C12H10FN3O3S2/c1-6-2-3-7(8(13)4-6)10(19)14-11-15-16-12(21-11)20-5-9(17)18/h2-4H,5H2,1H3,(H,17,18)(H,14,15,19). The van der Waals surface area contributed by atoms with Gasteiger partial charge in [0.05, 0.1) is 11.3 Å². The van der Waals surface area contributed by atoms with E-state index >= 15 is 0 Å². The van der Waals surface area contributed by atoms with Crippen molar-refractivity contribution in [2.45, 2.75) is 11.3 Å². The first-order valence-corrected chi connectivity index (χ1v) is 7.51. The minimum absolute atomic E-state index is 0.0875. The summed E-state index contributed by atoms with van der Waals surface area (Å²) in [6, 6.07) is 4.29. The molecule has 1 heterocycles. The lowest BCUT2D eigenvalue weighted by molar-refractivity contribution is -0.133. The largest absolute Gasteiger partial charge is 0.481 e. The first-order valence-electron chi connectivity index (χ1n) is 5.71. The van der Waals surface area contributed by atoms with Crippen molar-refractivity contribution in [3.05, 3.63) is 35.1 Å². The average Bonchev–Trinajstić information content (AvgIpc) is 2.83. The van der Waals surface area contributed by atoms with E-state index < -0.39 is 17.7 Å². The van der Waals surface area contributed by atoms with Crippen LogP contribution in [0.25, 0.3) is 0 Å². The predicted molar refractivity (Wildman–Crippen MR) is 77.4 cm³/mol. The van der Waals surface area contributed by atoms with Crippen LogP contribution >= 0.6 is 23.1 Å². The summed E-state index contributed by atoms with van der Waals surface area (Å²) in [6.07, 6.45) is 0. The molecule has 0 saturated heterocycles. The van der Waals surface area contributed by atoms with E-state index in [1.165, 1.54) is 12.1 Å². The number of amides is 1. The molecule has 0 aliphatic rings. The first-order chi connectivity index (χ1) is 9.95. The summed E-state index contributed by atoms with van der Waals surface area (Å²) in [5, 5.41) is 18.6. The van der Waals surface area contributed by atoms with Gasteiger partial charge in [0.25, 0.3) is 5.91 Å². The third-order valence-corrected chi connectivity index (χ3v) is 4.27. The number of thioether (sulfide) groups is 1. The summed E-state index contributed by atoms with van der Waals surface area (Å²) < 4.78 is 14.1. The van der Waals surface area contributed by atoms with Gasteiger partial charge in [-0.25, -0.2) is 4.39 Å². The molecule has 0 saturated carbocycles. The van der Waals surface area contributed by atoms with Crippen molar-refractivity contribution in [2.24, 2.45) is 0 Å². The topological polar surface area (TPSA) is 92.2 Å². The van der Waals surface area contributed by atoms with E-state index in [1.54, 1.807) is 13.0 Å². The van der Waals surface area contributed by atoms with Gasteiger partial charge in [-0.3, -0.25) is 14.9 Å². The molecule has 0 aliphatic heterocycles. The lowest BCUT2D eigenvalue weighted by Crippen LogP contribution is -2.13. The first kappa shape index (κ1) is 15.4. The van der Waals surface area contributed by atoms with Crippen LogP contribution < -0.4 is 5.32 Å². The van der Waals surface area contributed by atoms with Crippen molar-refractivity contribution in [3.63, 3.8) is 0 Å². The van der Waals surface area contributed by atoms with Crippen LogP contribution in [-0.2, 0) is 4.79 Å². The normalized spacial score (nSPS) is 10.4. The van der Waals surface area contributed by atoms with Crippen LogP contribution in [0.4, 0.5) is 9.52 Å². The monoisotopic (exact) mass is 327 g/mol. The number of nitrogens with one attached hydrogen (secondary N) is 1. The highest BCUT2D eigenvalue weighted by molar-refractivity contribution is 8.01. The minimum Gasteiger partial charge on any atom is -0.481 e. The Morgan fingerprint density at radius 1 is 1.43 bits per heavy atom. The number of aliphatic carboxylic acids is 1. The van der Waals surface area contributed by atoms with Gasteiger partial charge in [-0.05, 0) is 24.6 Å². The summed E-state index contributed by atoms with van der Waals surface area (Å²) in [5.74, 6) is -2.35. The van der Waals surface area contributed by atoms with E-state index in [-0.39, 0.29) is 16.4 Å². The number of anilines is 1. The van der Waals surface area contributed by atoms with Gasteiger partial charge in [0.15, 0.2) is 4.34 Å². The Balaban J connectivity index is 2.04. The van der Waals surface area contributed by atoms with Gasteiger partial charge in [0.1, 0.15) is 5.82 Å². The molecule has 0 radical (unpaired) electrons. The number of nitrogens with zero attached hydrogens (tertiary/aromatic N) is 2. The molecule has 1 amide bonds. The van der Waals surface area contributed by atoms with Crippen molar-refractivity contribution in [3.8, 4) is 0 Å². The van der Waals surface area contributed by atoms with Gasteiger partial charge in [0.2, 0.25) is 5.13 Å². The fourth-order valence-electron chi connectivity index (χ4n) is 1.41. The Labute approximate surface area is 127 Å². The fraction of sp³-hybridized carbons (Fsp3) is 0.167. The van der Waals surface area contributed by atoms with E-state index in [0.29, 0.717) is 9.90 Å². The van der Waals surface area contributed by atoms with Crippen LogP contribution in [0.15, 0.2) is 22.5 Å². The molecule has 2 aromatic rings. The number of benzene rings is 1. The maximum absolute atomic E-state index is 13.7. The number of carboxylic acid groups (broad SMARTS) is 1. The Kier molecular flexibility index (Phi) is 4.86. The van der Waals surface area contributed by atoms with E-state index in [0.717, 1.165) is 23.1 Å². The van der Waals surface area contributed by atoms with Gasteiger partial charge in [0, 0.05) is 0 Å². The average molecular weight is 327 g/mol. The number of aromatic nitrogens is 2. The summed E-state index contributed by atoms with van der Waals surface area (Å²) in [7, 11) is 0. The van der Waals surface area contributed by atoms with Gasteiger partial charge >= 0.3 is 5.97 Å². The molecular weight excluding hydrogens is 317 g/mol. The molecule has 21 heavy (non-hydrogen) atoms. The van der Waals surface area contributed by atoms with Gasteiger partial charge < -0.3 is 5.11 Å². The second kappa shape index (κ2) is 6.64. The quantitative estimate of drug-likeness (QED) is 0.647. The van der Waals surface area contributed by atoms with Gasteiger partial charge in [-0.15, -0.1) is 10.2 Å². The Morgan fingerprint density at radius 2 is 2.19 bits per heavy atom. The summed E-state index contributed by atoms with van der Waals surface area (Å²) >= 11 is 2.03. The molecule has 0 fully saturated rings. The van der Waals surface area contributed by atoms with Gasteiger partial charge in [-0.1, -0.05) is 29.2 Å². The number of halogens is 1. The van der Waals surface area contributed by atoms with Crippen LogP contribution in [0.1, 0.15) is 15.9 Å². The number of hydrogen-bond donors (Lipinski definition) is 2. The lowest BCUT2D eigenvalue weighted by atomic mass is 10.1. The van der Waals surface area contributed by atoms with Crippen LogP contribution in [0.5, 0.6) is 0 Å². The highest BCUT2D eigenvalue weighted by atomic mass is 32.2. The van der Waals surface area contributed by atoms with Crippen LogP contribution in [0.3, 0.4) is 0 Å². The molecule has 0 bridgehead atoms. The number of rotatable bonds is 5. The molecule has 1 aromatic heterocycles. The van der Waals surface area contributed by atoms with Crippen molar-refractivity contribution < 1.29 is 19.1 Å². The molecule has 0 spiro atoms. The van der Waals surface area contributed by atoms with Crippen molar-refractivity contribution in [1.82, 2.24) is 10.2 Å². The second-order valence-electron chi connectivity index (χ2n) is 3.99.